The third-order valence-corrected chi connectivity index (χ3v) is 6.49. The number of carbonyl (C=O) groups excluding carboxylic acids is 3. The van der Waals surface area contributed by atoms with E-state index in [0.29, 0.717) is 43.1 Å². The summed E-state index contributed by atoms with van der Waals surface area (Å²) in [7, 11) is 0. The molecule has 2 aliphatic heterocycles. The molecular formula is C22H25N3O5S. The van der Waals surface area contributed by atoms with Gasteiger partial charge in [0.2, 0.25) is 24.5 Å². The molecule has 0 saturated carbocycles. The molecule has 8 nitrogen and oxygen atoms in total. The Balaban J connectivity index is 1.29. The van der Waals surface area contributed by atoms with E-state index in [9.17, 15) is 14.4 Å². The van der Waals surface area contributed by atoms with Gasteiger partial charge in [0.15, 0.2) is 11.5 Å². The van der Waals surface area contributed by atoms with Crippen molar-refractivity contribution in [1.29, 1.82) is 0 Å². The normalized spacial score (nSPS) is 16.6. The van der Waals surface area contributed by atoms with Crippen LogP contribution in [0.5, 0.6) is 11.5 Å². The predicted molar refractivity (Wildman–Crippen MR) is 116 cm³/mol. The topological polar surface area (TPSA) is 97.0 Å². The standard InChI is InChI=1S/C22H25N3O5S/c1-14(26)23-17(20-3-2-10-31-20)12-21(27)25-8-6-15(7-9-25)22(28)24-16-4-5-18-19(11-16)30-13-29-18/h2-5,10-11,15,17H,6-9,12-13H2,1H3,(H,23,26)(H,24,28)/t17-/m0/s1. The van der Waals surface area contributed by atoms with Crippen molar-refractivity contribution in [1.82, 2.24) is 10.2 Å². The third kappa shape index (κ3) is 5.16. The summed E-state index contributed by atoms with van der Waals surface area (Å²) in [5, 5.41) is 7.73. The Morgan fingerprint density at radius 1 is 1.16 bits per heavy atom. The van der Waals surface area contributed by atoms with Crippen molar-refractivity contribution < 1.29 is 23.9 Å². The first-order valence-electron chi connectivity index (χ1n) is 10.3. The van der Waals surface area contributed by atoms with Crippen LogP contribution in [0, 0.1) is 5.92 Å². The van der Waals surface area contributed by atoms with Gasteiger partial charge in [0.05, 0.1) is 12.5 Å². The van der Waals surface area contributed by atoms with Crippen LogP contribution in [-0.4, -0.2) is 42.5 Å². The number of nitrogens with zero attached hydrogens (tertiary/aromatic N) is 1. The number of fused-ring (bicyclic) bond motifs is 1. The van der Waals surface area contributed by atoms with Crippen LogP contribution in [0.3, 0.4) is 0 Å². The molecule has 9 heteroatoms. The highest BCUT2D eigenvalue weighted by Gasteiger charge is 2.29. The van der Waals surface area contributed by atoms with Crippen molar-refractivity contribution in [3.8, 4) is 11.5 Å². The van der Waals surface area contributed by atoms with Gasteiger partial charge in [0.1, 0.15) is 0 Å². The van der Waals surface area contributed by atoms with E-state index in [2.05, 4.69) is 10.6 Å². The highest BCUT2D eigenvalue weighted by Crippen LogP contribution is 2.34. The van der Waals surface area contributed by atoms with Crippen LogP contribution in [0.15, 0.2) is 35.7 Å². The lowest BCUT2D eigenvalue weighted by Gasteiger charge is -2.32. The van der Waals surface area contributed by atoms with E-state index < -0.39 is 0 Å². The Bertz CT molecular complexity index is 954. The maximum absolute atomic E-state index is 12.8. The lowest BCUT2D eigenvalue weighted by molar-refractivity contribution is -0.135. The molecule has 1 aromatic heterocycles. The number of hydrogen-bond donors (Lipinski definition) is 2. The number of thiophene rings is 1. The van der Waals surface area contributed by atoms with E-state index in [0.717, 1.165) is 4.88 Å². The Morgan fingerprint density at radius 2 is 1.94 bits per heavy atom. The molecule has 0 aliphatic carbocycles. The molecule has 2 N–H and O–H groups in total. The van der Waals surface area contributed by atoms with E-state index in [1.165, 1.54) is 18.3 Å². The van der Waals surface area contributed by atoms with Gasteiger partial charge in [-0.25, -0.2) is 0 Å². The van der Waals surface area contributed by atoms with E-state index in [1.807, 2.05) is 17.5 Å². The zero-order valence-electron chi connectivity index (χ0n) is 17.3. The summed E-state index contributed by atoms with van der Waals surface area (Å²) < 4.78 is 10.6. The zero-order valence-corrected chi connectivity index (χ0v) is 18.1. The first kappa shape index (κ1) is 21.2. The minimum Gasteiger partial charge on any atom is -0.454 e. The minimum absolute atomic E-state index is 0.0122. The second-order valence-corrected chi connectivity index (χ2v) is 8.66. The number of likely N-dealkylation sites (tertiary alicyclic amines) is 1. The van der Waals surface area contributed by atoms with Crippen LogP contribution in [0.25, 0.3) is 0 Å². The van der Waals surface area contributed by atoms with E-state index in [1.54, 1.807) is 23.1 Å². The molecule has 31 heavy (non-hydrogen) atoms. The minimum atomic E-state index is -0.322. The largest absolute Gasteiger partial charge is 0.454 e. The van der Waals surface area contributed by atoms with Gasteiger partial charge in [0, 0.05) is 42.6 Å². The third-order valence-electron chi connectivity index (χ3n) is 5.50. The average Bonchev–Trinajstić information content (AvgIpc) is 3.44. The Kier molecular flexibility index (Phi) is 6.41. The molecule has 0 unspecified atom stereocenters. The number of nitrogens with one attached hydrogen (secondary N) is 2. The quantitative estimate of drug-likeness (QED) is 0.716. The van der Waals surface area contributed by atoms with Gasteiger partial charge in [-0.2, -0.15) is 0 Å². The van der Waals surface area contributed by atoms with Crippen molar-refractivity contribution in [2.45, 2.75) is 32.2 Å². The molecule has 0 radical (unpaired) electrons. The lowest BCUT2D eigenvalue weighted by Crippen LogP contribution is -2.42. The number of anilines is 1. The summed E-state index contributed by atoms with van der Waals surface area (Å²) in [6.45, 7) is 2.69. The van der Waals surface area contributed by atoms with Gasteiger partial charge in [0.25, 0.3) is 0 Å². The molecule has 164 valence electrons. The van der Waals surface area contributed by atoms with E-state index >= 15 is 0 Å². The first-order chi connectivity index (χ1) is 15.0. The van der Waals surface area contributed by atoms with Crippen molar-refractivity contribution in [3.63, 3.8) is 0 Å². The second-order valence-electron chi connectivity index (χ2n) is 7.69. The van der Waals surface area contributed by atoms with Crippen molar-refractivity contribution >= 4 is 34.7 Å². The molecule has 1 fully saturated rings. The number of rotatable bonds is 6. The summed E-state index contributed by atoms with van der Waals surface area (Å²) in [5.74, 6) is 0.910. The maximum atomic E-state index is 12.8. The summed E-state index contributed by atoms with van der Waals surface area (Å²) in [6, 6.07) is 8.83. The number of amides is 3. The Labute approximate surface area is 184 Å². The van der Waals surface area contributed by atoms with Gasteiger partial charge in [-0.15, -0.1) is 11.3 Å². The van der Waals surface area contributed by atoms with Gasteiger partial charge in [-0.3, -0.25) is 14.4 Å². The number of benzene rings is 1. The second kappa shape index (κ2) is 9.38. The van der Waals surface area contributed by atoms with Gasteiger partial charge in [-0.05, 0) is 36.4 Å². The van der Waals surface area contributed by atoms with Crippen LogP contribution in [0.2, 0.25) is 0 Å². The Hall–Kier alpha value is -3.07. The molecule has 3 heterocycles. The van der Waals surface area contributed by atoms with Crippen molar-refractivity contribution in [2.24, 2.45) is 5.92 Å². The fraction of sp³-hybridized carbons (Fsp3) is 0.409. The van der Waals surface area contributed by atoms with Gasteiger partial charge >= 0.3 is 0 Å². The highest BCUT2D eigenvalue weighted by atomic mass is 32.1. The predicted octanol–water partition coefficient (Wildman–Crippen LogP) is 2.92. The summed E-state index contributed by atoms with van der Waals surface area (Å²) in [5.41, 5.74) is 0.668. The SMILES string of the molecule is CC(=O)N[C@@H](CC(=O)N1CCC(C(=O)Nc2ccc3c(c2)OCO3)CC1)c1cccs1. The lowest BCUT2D eigenvalue weighted by atomic mass is 9.95. The molecule has 4 rings (SSSR count). The van der Waals surface area contributed by atoms with Crippen LogP contribution < -0.4 is 20.1 Å². The molecule has 0 bridgehead atoms. The molecule has 1 atom stereocenters. The molecule has 0 spiro atoms. The summed E-state index contributed by atoms with van der Waals surface area (Å²) in [4.78, 5) is 39.8. The van der Waals surface area contributed by atoms with E-state index in [4.69, 9.17) is 9.47 Å². The number of ether oxygens (including phenoxy) is 2. The van der Waals surface area contributed by atoms with Crippen LogP contribution in [-0.2, 0) is 14.4 Å². The molecule has 2 aliphatic rings. The van der Waals surface area contributed by atoms with Gasteiger partial charge < -0.3 is 25.0 Å². The highest BCUT2D eigenvalue weighted by molar-refractivity contribution is 7.10. The molecular weight excluding hydrogens is 418 g/mol. The summed E-state index contributed by atoms with van der Waals surface area (Å²) >= 11 is 1.52. The smallest absolute Gasteiger partial charge is 0.231 e. The molecule has 3 amide bonds. The van der Waals surface area contributed by atoms with Crippen molar-refractivity contribution in [3.05, 3.63) is 40.6 Å². The van der Waals surface area contributed by atoms with Gasteiger partial charge in [-0.1, -0.05) is 6.07 Å². The number of carbonyl (C=O) groups is 3. The van der Waals surface area contributed by atoms with Crippen molar-refractivity contribution in [2.75, 3.05) is 25.2 Å². The average molecular weight is 444 g/mol. The van der Waals surface area contributed by atoms with E-state index in [-0.39, 0.29) is 42.9 Å². The molecule has 2 aromatic rings. The number of hydrogen-bond acceptors (Lipinski definition) is 6. The molecule has 1 aromatic carbocycles. The van der Waals surface area contributed by atoms with Crippen LogP contribution in [0.4, 0.5) is 5.69 Å². The molecule has 1 saturated heterocycles. The summed E-state index contributed by atoms with van der Waals surface area (Å²) in [6.07, 6.45) is 1.42. The van der Waals surface area contributed by atoms with Crippen LogP contribution >= 0.6 is 11.3 Å². The number of piperidine rings is 1. The monoisotopic (exact) mass is 443 g/mol. The Morgan fingerprint density at radius 3 is 2.65 bits per heavy atom. The zero-order chi connectivity index (χ0) is 21.8. The maximum Gasteiger partial charge on any atom is 0.231 e. The fourth-order valence-corrected chi connectivity index (χ4v) is 4.65. The first-order valence-corrected chi connectivity index (χ1v) is 11.2. The fourth-order valence-electron chi connectivity index (χ4n) is 3.87. The van der Waals surface area contributed by atoms with Crippen LogP contribution in [0.1, 0.15) is 37.1 Å².